The number of ether oxygens (including phenoxy) is 2. The largest absolute Gasteiger partial charge is 0.390 e. The molecule has 4 rings (SSSR count). The van der Waals surface area contributed by atoms with Crippen molar-refractivity contribution < 1.29 is 23.4 Å². The molecule has 0 radical (unpaired) electrons. The molecule has 1 aromatic carbocycles. The molecule has 2 N–H and O–H groups in total. The Morgan fingerprint density at radius 2 is 1.88 bits per heavy atom. The molecule has 0 bridgehead atoms. The first kappa shape index (κ1) is 24.2. The Kier molecular flexibility index (Phi) is 6.92. The highest BCUT2D eigenvalue weighted by molar-refractivity contribution is 5.92. The molecule has 10 heteroatoms. The lowest BCUT2D eigenvalue weighted by atomic mass is 10.0. The minimum Gasteiger partial charge on any atom is -0.390 e. The summed E-state index contributed by atoms with van der Waals surface area (Å²) in [7, 11) is 3.35. The lowest BCUT2D eigenvalue weighted by Gasteiger charge is -2.21. The highest BCUT2D eigenvalue weighted by atomic mass is 19.3. The SMILES string of the molecule is CO[C@H]1CN(c2cnc3c(C)nnc(N[C@H](C)c4cccc(C(F)(F)CO)c4)c3c2)C[C@H]1OC. The molecule has 1 aliphatic heterocycles. The Hall–Kier alpha value is -2.95. The molecule has 0 aliphatic carbocycles. The number of nitrogens with zero attached hydrogens (tertiary/aromatic N) is 4. The van der Waals surface area contributed by atoms with Crippen LogP contribution in [0.15, 0.2) is 36.5 Å². The maximum Gasteiger partial charge on any atom is 0.295 e. The Morgan fingerprint density at radius 3 is 2.53 bits per heavy atom. The van der Waals surface area contributed by atoms with Crippen LogP contribution in [0.5, 0.6) is 0 Å². The number of pyridine rings is 1. The average molecular weight is 474 g/mol. The normalized spacial score (nSPS) is 19.6. The molecule has 2 aromatic heterocycles. The first-order chi connectivity index (χ1) is 16.3. The van der Waals surface area contributed by atoms with Crippen molar-refractivity contribution in [2.75, 3.05) is 44.1 Å². The van der Waals surface area contributed by atoms with Crippen LogP contribution >= 0.6 is 0 Å². The van der Waals surface area contributed by atoms with Crippen molar-refractivity contribution in [3.05, 3.63) is 53.3 Å². The Bertz CT molecular complexity index is 1150. The van der Waals surface area contributed by atoms with E-state index in [9.17, 15) is 8.78 Å². The summed E-state index contributed by atoms with van der Waals surface area (Å²) in [5.41, 5.74) is 2.70. The number of hydrogen-bond acceptors (Lipinski definition) is 8. The van der Waals surface area contributed by atoms with E-state index in [2.05, 4.69) is 25.4 Å². The first-order valence-electron chi connectivity index (χ1n) is 11.1. The molecular weight excluding hydrogens is 444 g/mol. The number of alkyl halides is 2. The fraction of sp³-hybridized carbons (Fsp3) is 0.458. The molecule has 0 spiro atoms. The highest BCUT2D eigenvalue weighted by Gasteiger charge is 2.33. The van der Waals surface area contributed by atoms with E-state index in [0.717, 1.165) is 11.1 Å². The zero-order chi connectivity index (χ0) is 24.5. The number of anilines is 2. The van der Waals surface area contributed by atoms with Crippen molar-refractivity contribution >= 4 is 22.4 Å². The van der Waals surface area contributed by atoms with E-state index in [0.29, 0.717) is 35.7 Å². The van der Waals surface area contributed by atoms with Crippen molar-refractivity contribution in [2.24, 2.45) is 0 Å². The number of aromatic nitrogens is 3. The van der Waals surface area contributed by atoms with Crippen molar-refractivity contribution in [2.45, 2.75) is 38.0 Å². The van der Waals surface area contributed by atoms with Crippen LogP contribution < -0.4 is 10.2 Å². The van der Waals surface area contributed by atoms with Gasteiger partial charge in [0, 0.05) is 38.3 Å². The van der Waals surface area contributed by atoms with Crippen LogP contribution in [0.2, 0.25) is 0 Å². The molecule has 182 valence electrons. The molecule has 1 saturated heterocycles. The van der Waals surface area contributed by atoms with E-state index in [1.165, 1.54) is 12.1 Å². The molecule has 34 heavy (non-hydrogen) atoms. The van der Waals surface area contributed by atoms with Gasteiger partial charge in [-0.25, -0.2) is 0 Å². The third-order valence-corrected chi connectivity index (χ3v) is 6.32. The number of nitrogens with one attached hydrogen (secondary N) is 1. The van der Waals surface area contributed by atoms with Crippen LogP contribution in [0.3, 0.4) is 0 Å². The molecular formula is C24H29F2N5O3. The van der Waals surface area contributed by atoms with Gasteiger partial charge in [0.2, 0.25) is 0 Å². The maximum absolute atomic E-state index is 14.0. The van der Waals surface area contributed by atoms with E-state index in [1.54, 1.807) is 32.5 Å². The first-order valence-corrected chi connectivity index (χ1v) is 11.1. The average Bonchev–Trinajstić information content (AvgIpc) is 3.29. The quantitative estimate of drug-likeness (QED) is 0.514. The van der Waals surface area contributed by atoms with Gasteiger partial charge in [0.1, 0.15) is 18.8 Å². The van der Waals surface area contributed by atoms with Gasteiger partial charge in [-0.05, 0) is 31.5 Å². The molecule has 3 heterocycles. The minimum atomic E-state index is -3.30. The molecule has 0 saturated carbocycles. The smallest absolute Gasteiger partial charge is 0.295 e. The molecule has 3 atom stereocenters. The second kappa shape index (κ2) is 9.73. The maximum atomic E-state index is 14.0. The summed E-state index contributed by atoms with van der Waals surface area (Å²) >= 11 is 0. The summed E-state index contributed by atoms with van der Waals surface area (Å²) in [6, 6.07) is 7.65. The van der Waals surface area contributed by atoms with Crippen molar-refractivity contribution in [1.29, 1.82) is 0 Å². The van der Waals surface area contributed by atoms with Gasteiger partial charge in [0.15, 0.2) is 5.82 Å². The van der Waals surface area contributed by atoms with E-state index in [4.69, 9.17) is 14.6 Å². The zero-order valence-corrected chi connectivity index (χ0v) is 19.6. The summed E-state index contributed by atoms with van der Waals surface area (Å²) in [5, 5.41) is 21.7. The fourth-order valence-electron chi connectivity index (χ4n) is 4.25. The fourth-order valence-corrected chi connectivity index (χ4v) is 4.25. The predicted octanol–water partition coefficient (Wildman–Crippen LogP) is 3.44. The number of rotatable bonds is 8. The molecule has 1 aliphatic rings. The summed E-state index contributed by atoms with van der Waals surface area (Å²) in [4.78, 5) is 6.78. The molecule has 8 nitrogen and oxygen atoms in total. The number of methoxy groups -OCH3 is 2. The Morgan fingerprint density at radius 1 is 1.18 bits per heavy atom. The van der Waals surface area contributed by atoms with E-state index < -0.39 is 12.5 Å². The number of hydrogen-bond donors (Lipinski definition) is 2. The summed E-state index contributed by atoms with van der Waals surface area (Å²) < 4.78 is 39.1. The Balaban J connectivity index is 1.65. The van der Waals surface area contributed by atoms with Gasteiger partial charge in [-0.2, -0.15) is 13.9 Å². The second-order valence-electron chi connectivity index (χ2n) is 8.53. The lowest BCUT2D eigenvalue weighted by molar-refractivity contribution is -0.0556. The number of benzene rings is 1. The van der Waals surface area contributed by atoms with Gasteiger partial charge in [0.25, 0.3) is 5.92 Å². The standard InChI is InChI=1S/C24H29F2N5O3/c1-14(16-6-5-7-17(8-16)24(25,26)13-32)28-23-19-9-18(10-27-22(19)15(2)29-30-23)31-11-20(33-3)21(12-31)34-4/h5-10,14,20-21,32H,11-13H2,1-4H3,(H,28,30)/t14-,20-,21+/m1/s1. The number of aryl methyl sites for hydroxylation is 1. The Labute approximate surface area is 196 Å². The third-order valence-electron chi connectivity index (χ3n) is 6.32. The molecule has 1 fully saturated rings. The van der Waals surface area contributed by atoms with Crippen LogP contribution in [-0.2, 0) is 15.4 Å². The van der Waals surface area contributed by atoms with Gasteiger partial charge in [0.05, 0.1) is 29.1 Å². The zero-order valence-electron chi connectivity index (χ0n) is 19.6. The number of fused-ring (bicyclic) bond motifs is 1. The second-order valence-corrected chi connectivity index (χ2v) is 8.53. The van der Waals surface area contributed by atoms with Gasteiger partial charge < -0.3 is 24.8 Å². The van der Waals surface area contributed by atoms with Crippen molar-refractivity contribution in [3.63, 3.8) is 0 Å². The van der Waals surface area contributed by atoms with E-state index in [1.807, 2.05) is 19.9 Å². The summed E-state index contributed by atoms with van der Waals surface area (Å²) in [6.45, 7) is 3.79. The van der Waals surface area contributed by atoms with Gasteiger partial charge >= 0.3 is 0 Å². The van der Waals surface area contributed by atoms with Crippen LogP contribution in [0.25, 0.3) is 10.9 Å². The summed E-state index contributed by atoms with van der Waals surface area (Å²) in [6.07, 6.45) is 1.72. The number of halogens is 2. The lowest BCUT2D eigenvalue weighted by Crippen LogP contribution is -2.27. The minimum absolute atomic E-state index is 0.0417. The number of aliphatic hydroxyl groups is 1. The van der Waals surface area contributed by atoms with E-state index in [-0.39, 0.29) is 23.8 Å². The van der Waals surface area contributed by atoms with Crippen LogP contribution in [-0.4, -0.2) is 66.4 Å². The molecule has 0 amide bonds. The van der Waals surface area contributed by atoms with E-state index >= 15 is 0 Å². The number of aliphatic hydroxyl groups excluding tert-OH is 1. The monoisotopic (exact) mass is 473 g/mol. The van der Waals surface area contributed by atoms with Gasteiger partial charge in [-0.3, -0.25) is 4.98 Å². The van der Waals surface area contributed by atoms with Gasteiger partial charge in [-0.15, -0.1) is 5.10 Å². The highest BCUT2D eigenvalue weighted by Crippen LogP contribution is 2.32. The van der Waals surface area contributed by atoms with Crippen molar-refractivity contribution in [3.8, 4) is 0 Å². The third kappa shape index (κ3) is 4.66. The van der Waals surface area contributed by atoms with Crippen LogP contribution in [0.4, 0.5) is 20.3 Å². The van der Waals surface area contributed by atoms with Crippen LogP contribution in [0, 0.1) is 6.92 Å². The topological polar surface area (TPSA) is 92.6 Å². The van der Waals surface area contributed by atoms with Gasteiger partial charge in [-0.1, -0.05) is 18.2 Å². The van der Waals surface area contributed by atoms with Crippen molar-refractivity contribution in [1.82, 2.24) is 15.2 Å². The predicted molar refractivity (Wildman–Crippen MR) is 125 cm³/mol. The summed E-state index contributed by atoms with van der Waals surface area (Å²) in [5.74, 6) is -2.80. The molecule has 0 unspecified atom stereocenters. The molecule has 3 aromatic rings. The van der Waals surface area contributed by atoms with Crippen LogP contribution in [0.1, 0.15) is 29.8 Å².